The first-order chi connectivity index (χ1) is 16.1. The van der Waals surface area contributed by atoms with Crippen LogP contribution in [0.2, 0.25) is 5.02 Å². The van der Waals surface area contributed by atoms with Gasteiger partial charge in [-0.15, -0.1) is 0 Å². The molecule has 1 atom stereocenters. The Bertz CT molecular complexity index is 1410. The summed E-state index contributed by atoms with van der Waals surface area (Å²) in [5.41, 5.74) is 0.716. The number of carbonyl (C=O) groups excluding carboxylic acids is 1. The van der Waals surface area contributed by atoms with Crippen molar-refractivity contribution in [3.05, 3.63) is 62.2 Å². The molecule has 0 bridgehead atoms. The van der Waals surface area contributed by atoms with Crippen molar-refractivity contribution < 1.29 is 22.4 Å². The Morgan fingerprint density at radius 3 is 2.85 bits per heavy atom. The quantitative estimate of drug-likeness (QED) is 0.463. The number of ether oxygens (including phenoxy) is 1. The largest absolute Gasteiger partial charge is 0.491 e. The zero-order chi connectivity index (χ0) is 24.5. The van der Waals surface area contributed by atoms with Crippen molar-refractivity contribution in [2.24, 2.45) is 5.92 Å². The lowest BCUT2D eigenvalue weighted by Crippen LogP contribution is -2.36. The highest BCUT2D eigenvalue weighted by atomic mass is 79.9. The second kappa shape index (κ2) is 10.1. The van der Waals surface area contributed by atoms with Crippen molar-refractivity contribution in [1.82, 2.24) is 9.62 Å². The van der Waals surface area contributed by atoms with Crippen molar-refractivity contribution in [1.29, 1.82) is 0 Å². The molecule has 0 aliphatic carbocycles. The number of nitrogens with zero attached hydrogens (tertiary/aromatic N) is 1. The molecule has 4 rings (SSSR count). The number of hydrogen-bond acceptors (Lipinski definition) is 7. The van der Waals surface area contributed by atoms with Gasteiger partial charge in [0.1, 0.15) is 18.1 Å². The van der Waals surface area contributed by atoms with Gasteiger partial charge in [0.25, 0.3) is 0 Å². The van der Waals surface area contributed by atoms with Crippen LogP contribution in [0.5, 0.6) is 5.75 Å². The van der Waals surface area contributed by atoms with Crippen LogP contribution in [0.1, 0.15) is 6.42 Å². The standard InChI is InChI=1S/C23H22BrClN2O6S/c1-34(30,31)26-23(29)14-7-8-27(13-14)9-10-32-20-11-15(24)5-6-17(20)21-12-19(28)16-3-2-4-18(25)22(16)33-21/h2-6,11-12,14H,7-10,13H2,1H3,(H,26,29)/t14-/m1/s1. The van der Waals surface area contributed by atoms with Crippen molar-refractivity contribution in [3.8, 4) is 17.1 Å². The average Bonchev–Trinajstić information content (AvgIpc) is 3.23. The Labute approximate surface area is 210 Å². The van der Waals surface area contributed by atoms with E-state index in [0.717, 1.165) is 10.7 Å². The van der Waals surface area contributed by atoms with Gasteiger partial charge in [-0.05, 0) is 43.3 Å². The van der Waals surface area contributed by atoms with Gasteiger partial charge in [0.15, 0.2) is 11.0 Å². The highest BCUT2D eigenvalue weighted by molar-refractivity contribution is 9.10. The monoisotopic (exact) mass is 568 g/mol. The molecule has 2 aromatic carbocycles. The van der Waals surface area contributed by atoms with E-state index in [1.54, 1.807) is 30.3 Å². The summed E-state index contributed by atoms with van der Waals surface area (Å²) in [6.07, 6.45) is 1.54. The summed E-state index contributed by atoms with van der Waals surface area (Å²) in [5, 5.41) is 0.749. The molecule has 1 aliphatic heterocycles. The van der Waals surface area contributed by atoms with E-state index in [0.29, 0.717) is 65.7 Å². The fraction of sp³-hybridized carbons (Fsp3) is 0.304. The molecule has 34 heavy (non-hydrogen) atoms. The first-order valence-electron chi connectivity index (χ1n) is 10.5. The molecule has 1 N–H and O–H groups in total. The normalized spacial score (nSPS) is 16.6. The molecule has 0 spiro atoms. The predicted octanol–water partition coefficient (Wildman–Crippen LogP) is 3.65. The Hall–Kier alpha value is -2.40. The summed E-state index contributed by atoms with van der Waals surface area (Å²) >= 11 is 9.68. The van der Waals surface area contributed by atoms with Gasteiger partial charge in [0, 0.05) is 23.6 Å². The Morgan fingerprint density at radius 1 is 1.29 bits per heavy atom. The SMILES string of the molecule is CS(=O)(=O)NC(=O)[C@@H]1CCN(CCOc2cc(Br)ccc2-c2cc(=O)c3cccc(Cl)c3o2)C1. The van der Waals surface area contributed by atoms with E-state index in [1.807, 2.05) is 15.7 Å². The molecule has 180 valence electrons. The predicted molar refractivity (Wildman–Crippen MR) is 134 cm³/mol. The fourth-order valence-electron chi connectivity index (χ4n) is 3.90. The van der Waals surface area contributed by atoms with Crippen LogP contribution in [0.25, 0.3) is 22.3 Å². The second-order valence-electron chi connectivity index (χ2n) is 8.11. The molecule has 1 aromatic heterocycles. The summed E-state index contributed by atoms with van der Waals surface area (Å²) < 4.78 is 37.4. The number of halogens is 2. The average molecular weight is 570 g/mol. The van der Waals surface area contributed by atoms with E-state index in [9.17, 15) is 18.0 Å². The van der Waals surface area contributed by atoms with Gasteiger partial charge in [-0.2, -0.15) is 0 Å². The van der Waals surface area contributed by atoms with Crippen molar-refractivity contribution in [2.75, 3.05) is 32.5 Å². The summed E-state index contributed by atoms with van der Waals surface area (Å²) in [6, 6.07) is 11.8. The van der Waals surface area contributed by atoms with Gasteiger partial charge in [0.05, 0.1) is 28.1 Å². The number of carbonyl (C=O) groups is 1. The molecule has 1 amide bonds. The molecule has 1 fully saturated rings. The zero-order valence-electron chi connectivity index (χ0n) is 18.2. The number of nitrogens with one attached hydrogen (secondary N) is 1. The maximum Gasteiger partial charge on any atom is 0.237 e. The van der Waals surface area contributed by atoms with E-state index < -0.39 is 15.9 Å². The smallest absolute Gasteiger partial charge is 0.237 e. The minimum absolute atomic E-state index is 0.205. The van der Waals surface area contributed by atoms with Gasteiger partial charge >= 0.3 is 0 Å². The summed E-state index contributed by atoms with van der Waals surface area (Å²) in [7, 11) is -3.57. The lowest BCUT2D eigenvalue weighted by Gasteiger charge is -2.17. The summed E-state index contributed by atoms with van der Waals surface area (Å²) in [4.78, 5) is 26.7. The lowest BCUT2D eigenvalue weighted by atomic mass is 10.1. The third-order valence-electron chi connectivity index (χ3n) is 5.51. The van der Waals surface area contributed by atoms with Crippen LogP contribution in [0.15, 0.2) is 56.1 Å². The van der Waals surface area contributed by atoms with Crippen LogP contribution >= 0.6 is 27.5 Å². The highest BCUT2D eigenvalue weighted by Gasteiger charge is 2.29. The molecular weight excluding hydrogens is 548 g/mol. The Kier molecular flexibility index (Phi) is 7.32. The van der Waals surface area contributed by atoms with Gasteiger partial charge in [0.2, 0.25) is 15.9 Å². The number of para-hydroxylation sites is 1. The Morgan fingerprint density at radius 2 is 2.09 bits per heavy atom. The van der Waals surface area contributed by atoms with E-state index in [2.05, 4.69) is 15.9 Å². The van der Waals surface area contributed by atoms with Gasteiger partial charge < -0.3 is 9.15 Å². The number of fused-ring (bicyclic) bond motifs is 1. The van der Waals surface area contributed by atoms with E-state index in [-0.39, 0.29) is 11.3 Å². The van der Waals surface area contributed by atoms with Gasteiger partial charge in [-0.1, -0.05) is 33.6 Å². The summed E-state index contributed by atoms with van der Waals surface area (Å²) in [5.74, 6) is -0.000699. The molecule has 0 saturated carbocycles. The maximum atomic E-state index is 12.6. The topological polar surface area (TPSA) is 106 Å². The van der Waals surface area contributed by atoms with Crippen LogP contribution in [0.3, 0.4) is 0 Å². The van der Waals surface area contributed by atoms with Crippen LogP contribution in [-0.4, -0.2) is 51.7 Å². The van der Waals surface area contributed by atoms with Crippen molar-refractivity contribution in [2.45, 2.75) is 6.42 Å². The van der Waals surface area contributed by atoms with Crippen LogP contribution in [0.4, 0.5) is 0 Å². The number of hydrogen-bond donors (Lipinski definition) is 1. The van der Waals surface area contributed by atoms with Crippen LogP contribution < -0.4 is 14.9 Å². The van der Waals surface area contributed by atoms with Crippen molar-refractivity contribution >= 4 is 54.4 Å². The number of likely N-dealkylation sites (tertiary alicyclic amines) is 1. The van der Waals surface area contributed by atoms with Gasteiger partial charge in [-0.25, -0.2) is 8.42 Å². The molecule has 11 heteroatoms. The van der Waals surface area contributed by atoms with E-state index >= 15 is 0 Å². The van der Waals surface area contributed by atoms with E-state index in [1.165, 1.54) is 6.07 Å². The number of amides is 1. The molecule has 0 radical (unpaired) electrons. The second-order valence-corrected chi connectivity index (χ2v) is 11.2. The maximum absolute atomic E-state index is 12.6. The third-order valence-corrected chi connectivity index (χ3v) is 6.87. The molecular formula is C23H22BrClN2O6S. The minimum atomic E-state index is -3.57. The van der Waals surface area contributed by atoms with Crippen LogP contribution in [0, 0.1) is 5.92 Å². The lowest BCUT2D eigenvalue weighted by molar-refractivity contribution is -0.122. The highest BCUT2D eigenvalue weighted by Crippen LogP contribution is 2.34. The molecule has 1 aliphatic rings. The van der Waals surface area contributed by atoms with Gasteiger partial charge in [-0.3, -0.25) is 19.2 Å². The third kappa shape index (κ3) is 5.80. The molecule has 3 aromatic rings. The first kappa shape index (κ1) is 24.7. The number of benzene rings is 2. The number of rotatable bonds is 7. The molecule has 2 heterocycles. The van der Waals surface area contributed by atoms with Crippen LogP contribution in [-0.2, 0) is 14.8 Å². The Balaban J connectivity index is 1.47. The molecule has 8 nitrogen and oxygen atoms in total. The molecule has 0 unspecified atom stereocenters. The van der Waals surface area contributed by atoms with E-state index in [4.69, 9.17) is 20.8 Å². The minimum Gasteiger partial charge on any atom is -0.491 e. The first-order valence-corrected chi connectivity index (χ1v) is 13.6. The van der Waals surface area contributed by atoms with Crippen molar-refractivity contribution in [3.63, 3.8) is 0 Å². The zero-order valence-corrected chi connectivity index (χ0v) is 21.4. The summed E-state index contributed by atoms with van der Waals surface area (Å²) in [6.45, 7) is 1.98. The number of sulfonamides is 1. The molecule has 1 saturated heterocycles. The fourth-order valence-corrected chi connectivity index (χ4v) is 4.98.